The Morgan fingerprint density at radius 1 is 0.893 bits per heavy atom. The number of anilines is 2. The Kier molecular flexibility index (Phi) is 5.18. The van der Waals surface area contributed by atoms with Crippen LogP contribution in [0.15, 0.2) is 48.8 Å². The summed E-state index contributed by atoms with van der Waals surface area (Å²) in [5, 5.41) is 0.0895. The molecular formula is C22H22ClFN4. The molecule has 0 bridgehead atoms. The van der Waals surface area contributed by atoms with Crippen LogP contribution in [0.5, 0.6) is 0 Å². The number of nitrogens with zero attached hydrogens (tertiary/aromatic N) is 4. The minimum atomic E-state index is -0.433. The summed E-state index contributed by atoms with van der Waals surface area (Å²) in [5.41, 5.74) is 5.35. The van der Waals surface area contributed by atoms with Crippen LogP contribution in [-0.2, 0) is 0 Å². The molecule has 3 aromatic rings. The lowest BCUT2D eigenvalue weighted by atomic mass is 10.1. The smallest absolute Gasteiger partial charge is 0.147 e. The van der Waals surface area contributed by atoms with Crippen molar-refractivity contribution < 1.29 is 4.39 Å². The Morgan fingerprint density at radius 3 is 2.36 bits per heavy atom. The zero-order valence-corrected chi connectivity index (χ0v) is 16.7. The van der Waals surface area contributed by atoms with E-state index in [0.29, 0.717) is 5.69 Å². The highest BCUT2D eigenvalue weighted by Crippen LogP contribution is 2.26. The molecule has 144 valence electrons. The second-order valence-corrected chi connectivity index (χ2v) is 7.54. The lowest BCUT2D eigenvalue weighted by Crippen LogP contribution is -2.46. The summed E-state index contributed by atoms with van der Waals surface area (Å²) in [6.45, 7) is 7.88. The van der Waals surface area contributed by atoms with Gasteiger partial charge >= 0.3 is 0 Å². The molecule has 0 atom stereocenters. The van der Waals surface area contributed by atoms with Gasteiger partial charge in [-0.25, -0.2) is 9.37 Å². The second-order valence-electron chi connectivity index (χ2n) is 7.13. The van der Waals surface area contributed by atoms with Crippen molar-refractivity contribution in [1.29, 1.82) is 0 Å². The fourth-order valence-electron chi connectivity index (χ4n) is 3.42. The Morgan fingerprint density at radius 2 is 1.64 bits per heavy atom. The maximum absolute atomic E-state index is 13.4. The van der Waals surface area contributed by atoms with Gasteiger partial charge in [0.25, 0.3) is 0 Å². The minimum Gasteiger partial charge on any atom is -0.368 e. The van der Waals surface area contributed by atoms with Crippen LogP contribution >= 0.6 is 11.6 Å². The molecule has 0 aliphatic carbocycles. The van der Waals surface area contributed by atoms with Gasteiger partial charge in [-0.05, 0) is 55.3 Å². The Bertz CT molecular complexity index is 1000. The Labute approximate surface area is 169 Å². The van der Waals surface area contributed by atoms with Gasteiger partial charge in [0, 0.05) is 37.4 Å². The molecule has 1 aliphatic rings. The first-order valence-electron chi connectivity index (χ1n) is 9.36. The van der Waals surface area contributed by atoms with E-state index >= 15 is 0 Å². The molecule has 0 amide bonds. The third-order valence-electron chi connectivity index (χ3n) is 5.30. The zero-order valence-electron chi connectivity index (χ0n) is 16.0. The number of aromatic nitrogens is 2. The van der Waals surface area contributed by atoms with Crippen LogP contribution in [0.3, 0.4) is 0 Å². The highest BCUT2D eigenvalue weighted by atomic mass is 35.5. The predicted octanol–water partition coefficient (Wildman–Crippen LogP) is 4.88. The monoisotopic (exact) mass is 396 g/mol. The fraction of sp³-hybridized carbons (Fsp3) is 0.273. The van der Waals surface area contributed by atoms with E-state index in [0.717, 1.165) is 37.6 Å². The SMILES string of the molecule is Cc1ccc(N2CCN(c3cncc(-c4ccc(F)c(Cl)c4)n3)CC2)cc1C. The van der Waals surface area contributed by atoms with Crippen LogP contribution in [0.2, 0.25) is 5.02 Å². The normalized spacial score (nSPS) is 14.4. The molecule has 0 radical (unpaired) electrons. The summed E-state index contributed by atoms with van der Waals surface area (Å²) in [6, 6.07) is 11.2. The van der Waals surface area contributed by atoms with Crippen LogP contribution in [0.4, 0.5) is 15.9 Å². The molecule has 1 aliphatic heterocycles. The van der Waals surface area contributed by atoms with Crippen molar-refractivity contribution in [2.24, 2.45) is 0 Å². The molecule has 0 N–H and O–H groups in total. The number of rotatable bonds is 3. The topological polar surface area (TPSA) is 32.3 Å². The van der Waals surface area contributed by atoms with Crippen molar-refractivity contribution in [3.05, 3.63) is 70.8 Å². The molecular weight excluding hydrogens is 375 g/mol. The van der Waals surface area contributed by atoms with Crippen molar-refractivity contribution in [3.8, 4) is 11.3 Å². The van der Waals surface area contributed by atoms with Crippen LogP contribution < -0.4 is 9.80 Å². The number of benzene rings is 2. The molecule has 0 saturated carbocycles. The molecule has 6 heteroatoms. The summed E-state index contributed by atoms with van der Waals surface area (Å²) in [7, 11) is 0. The summed E-state index contributed by atoms with van der Waals surface area (Å²) >= 11 is 5.91. The summed E-state index contributed by atoms with van der Waals surface area (Å²) in [4.78, 5) is 13.7. The van der Waals surface area contributed by atoms with Crippen LogP contribution in [0.1, 0.15) is 11.1 Å². The maximum atomic E-state index is 13.4. The molecule has 0 unspecified atom stereocenters. The lowest BCUT2D eigenvalue weighted by Gasteiger charge is -2.36. The standard InChI is InChI=1S/C22H22ClFN4/c1-15-3-5-18(11-16(15)2)27-7-9-28(10-8-27)22-14-25-13-21(26-22)17-4-6-20(24)19(23)12-17/h3-6,11-14H,7-10H2,1-2H3. The van der Waals surface area contributed by atoms with Crippen LogP contribution in [0.25, 0.3) is 11.3 Å². The van der Waals surface area contributed by atoms with Gasteiger partial charge in [-0.2, -0.15) is 0 Å². The quantitative estimate of drug-likeness (QED) is 0.631. The van der Waals surface area contributed by atoms with Gasteiger partial charge in [-0.15, -0.1) is 0 Å². The Balaban J connectivity index is 1.49. The second kappa shape index (κ2) is 7.76. The molecule has 4 nitrogen and oxygen atoms in total. The number of hydrogen-bond donors (Lipinski definition) is 0. The summed E-state index contributed by atoms with van der Waals surface area (Å²) in [6.07, 6.45) is 3.46. The first-order valence-corrected chi connectivity index (χ1v) is 9.74. The minimum absolute atomic E-state index is 0.0895. The van der Waals surface area contributed by atoms with E-state index in [9.17, 15) is 4.39 Å². The van der Waals surface area contributed by atoms with Gasteiger partial charge < -0.3 is 9.80 Å². The molecule has 4 rings (SSSR count). The third-order valence-corrected chi connectivity index (χ3v) is 5.59. The fourth-order valence-corrected chi connectivity index (χ4v) is 3.60. The predicted molar refractivity (Wildman–Crippen MR) is 113 cm³/mol. The molecule has 1 fully saturated rings. The molecule has 1 aromatic heterocycles. The number of halogens is 2. The van der Waals surface area contributed by atoms with Gasteiger partial charge in [0.05, 0.1) is 23.1 Å². The average Bonchev–Trinajstić information content (AvgIpc) is 2.72. The molecule has 1 saturated heterocycles. The molecule has 2 heterocycles. The lowest BCUT2D eigenvalue weighted by molar-refractivity contribution is 0.628. The largest absolute Gasteiger partial charge is 0.368 e. The van der Waals surface area contributed by atoms with Gasteiger partial charge in [0.15, 0.2) is 0 Å². The summed E-state index contributed by atoms with van der Waals surface area (Å²) in [5.74, 6) is 0.398. The molecule has 2 aromatic carbocycles. The van der Waals surface area contributed by atoms with Gasteiger partial charge in [0.2, 0.25) is 0 Å². The van der Waals surface area contributed by atoms with E-state index in [-0.39, 0.29) is 5.02 Å². The first kappa shape index (κ1) is 18.7. The van der Waals surface area contributed by atoms with Crippen LogP contribution in [-0.4, -0.2) is 36.1 Å². The number of hydrogen-bond acceptors (Lipinski definition) is 4. The van der Waals surface area contributed by atoms with Crippen molar-refractivity contribution in [2.75, 3.05) is 36.0 Å². The van der Waals surface area contributed by atoms with E-state index in [2.05, 4.69) is 46.8 Å². The van der Waals surface area contributed by atoms with E-state index in [1.54, 1.807) is 24.5 Å². The zero-order chi connectivity index (χ0) is 19.7. The van der Waals surface area contributed by atoms with Crippen LogP contribution in [0, 0.1) is 19.7 Å². The first-order chi connectivity index (χ1) is 13.5. The summed E-state index contributed by atoms with van der Waals surface area (Å²) < 4.78 is 13.4. The van der Waals surface area contributed by atoms with E-state index < -0.39 is 5.82 Å². The third kappa shape index (κ3) is 3.80. The Hall–Kier alpha value is -2.66. The van der Waals surface area contributed by atoms with Crippen molar-refractivity contribution in [1.82, 2.24) is 9.97 Å². The van der Waals surface area contributed by atoms with Crippen molar-refractivity contribution >= 4 is 23.1 Å². The molecule has 0 spiro atoms. The van der Waals surface area contributed by atoms with Gasteiger partial charge in [-0.3, -0.25) is 4.98 Å². The molecule has 28 heavy (non-hydrogen) atoms. The van der Waals surface area contributed by atoms with Crippen molar-refractivity contribution in [2.45, 2.75) is 13.8 Å². The highest BCUT2D eigenvalue weighted by molar-refractivity contribution is 6.31. The number of piperazine rings is 1. The highest BCUT2D eigenvalue weighted by Gasteiger charge is 2.19. The number of aryl methyl sites for hydroxylation is 2. The van der Waals surface area contributed by atoms with E-state index in [4.69, 9.17) is 16.6 Å². The van der Waals surface area contributed by atoms with E-state index in [1.807, 2.05) is 0 Å². The maximum Gasteiger partial charge on any atom is 0.147 e. The van der Waals surface area contributed by atoms with Gasteiger partial charge in [0.1, 0.15) is 11.6 Å². The van der Waals surface area contributed by atoms with Gasteiger partial charge in [-0.1, -0.05) is 17.7 Å². The average molecular weight is 397 g/mol. The van der Waals surface area contributed by atoms with Crippen molar-refractivity contribution in [3.63, 3.8) is 0 Å². The van der Waals surface area contributed by atoms with E-state index in [1.165, 1.54) is 22.9 Å².